The smallest absolute Gasteiger partial charge is 0.234 e. The minimum atomic E-state index is -0.161. The lowest BCUT2D eigenvalue weighted by atomic mass is 10.2. The third-order valence-electron chi connectivity index (χ3n) is 4.89. The fraction of sp³-hybridized carbons (Fsp3) is 0.348. The van der Waals surface area contributed by atoms with Gasteiger partial charge in [0, 0.05) is 23.2 Å². The van der Waals surface area contributed by atoms with Crippen molar-refractivity contribution in [2.45, 2.75) is 38.4 Å². The van der Waals surface area contributed by atoms with E-state index in [0.29, 0.717) is 21.6 Å². The summed E-state index contributed by atoms with van der Waals surface area (Å²) in [6.45, 7) is 4.79. The van der Waals surface area contributed by atoms with Gasteiger partial charge in [-0.25, -0.2) is 0 Å². The second kappa shape index (κ2) is 11.2. The molecule has 0 saturated carbocycles. The molecule has 1 amide bonds. The molecule has 1 aromatic heterocycles. The van der Waals surface area contributed by atoms with Gasteiger partial charge in [-0.1, -0.05) is 36.7 Å². The van der Waals surface area contributed by atoms with Crippen LogP contribution in [0, 0.1) is 6.92 Å². The number of thioether (sulfide) groups is 1. The van der Waals surface area contributed by atoms with Gasteiger partial charge >= 0.3 is 0 Å². The lowest BCUT2D eigenvalue weighted by Crippen LogP contribution is -2.15. The van der Waals surface area contributed by atoms with E-state index in [2.05, 4.69) is 27.0 Å². The predicted molar refractivity (Wildman–Crippen MR) is 129 cm³/mol. The molecule has 0 unspecified atom stereocenters. The SMILES string of the molecule is CCCCn1c(SCC(=O)Nc2cc(C)c(Cl)cc2OC)nnc1-c1ccc(OC)cc1. The third-order valence-corrected chi connectivity index (χ3v) is 6.26. The Morgan fingerprint density at radius 3 is 2.56 bits per heavy atom. The summed E-state index contributed by atoms with van der Waals surface area (Å²) < 4.78 is 12.6. The number of aromatic nitrogens is 3. The Hall–Kier alpha value is -2.71. The second-order valence-electron chi connectivity index (χ2n) is 7.18. The number of unbranched alkanes of at least 4 members (excludes halogenated alkanes) is 1. The Kier molecular flexibility index (Phi) is 8.41. The van der Waals surface area contributed by atoms with Crippen LogP contribution in [-0.2, 0) is 11.3 Å². The zero-order valence-corrected chi connectivity index (χ0v) is 20.2. The first-order valence-corrected chi connectivity index (χ1v) is 11.7. The summed E-state index contributed by atoms with van der Waals surface area (Å²) in [5.41, 5.74) is 2.40. The van der Waals surface area contributed by atoms with Gasteiger partial charge in [0.05, 0.1) is 25.7 Å². The number of hydrogen-bond donors (Lipinski definition) is 1. The van der Waals surface area contributed by atoms with Crippen LogP contribution in [0.15, 0.2) is 41.6 Å². The van der Waals surface area contributed by atoms with Gasteiger partial charge in [0.15, 0.2) is 11.0 Å². The highest BCUT2D eigenvalue weighted by atomic mass is 35.5. The number of nitrogens with zero attached hydrogens (tertiary/aromatic N) is 3. The average molecular weight is 475 g/mol. The summed E-state index contributed by atoms with van der Waals surface area (Å²) in [5.74, 6) is 2.11. The fourth-order valence-electron chi connectivity index (χ4n) is 3.11. The molecule has 3 rings (SSSR count). The van der Waals surface area contributed by atoms with Crippen LogP contribution in [-0.4, -0.2) is 40.6 Å². The summed E-state index contributed by atoms with van der Waals surface area (Å²) in [4.78, 5) is 12.6. The molecule has 7 nitrogen and oxygen atoms in total. The molecule has 0 aliphatic carbocycles. The molecule has 0 atom stereocenters. The number of hydrogen-bond acceptors (Lipinski definition) is 6. The average Bonchev–Trinajstić information content (AvgIpc) is 3.21. The van der Waals surface area contributed by atoms with E-state index in [1.54, 1.807) is 26.4 Å². The maximum atomic E-state index is 12.6. The Morgan fingerprint density at radius 1 is 1.16 bits per heavy atom. The first kappa shape index (κ1) is 23.9. The molecule has 2 aromatic carbocycles. The van der Waals surface area contributed by atoms with Crippen molar-refractivity contribution in [2.24, 2.45) is 0 Å². The van der Waals surface area contributed by atoms with Gasteiger partial charge in [-0.2, -0.15) is 0 Å². The largest absolute Gasteiger partial charge is 0.497 e. The number of carbonyl (C=O) groups excluding carboxylic acids is 1. The molecule has 0 bridgehead atoms. The highest BCUT2D eigenvalue weighted by molar-refractivity contribution is 7.99. The van der Waals surface area contributed by atoms with Gasteiger partial charge < -0.3 is 19.4 Å². The van der Waals surface area contributed by atoms with Crippen molar-refractivity contribution < 1.29 is 14.3 Å². The summed E-state index contributed by atoms with van der Waals surface area (Å²) in [5, 5.41) is 12.9. The van der Waals surface area contributed by atoms with Crippen LogP contribution in [0.25, 0.3) is 11.4 Å². The van der Waals surface area contributed by atoms with Gasteiger partial charge in [-0.05, 0) is 49.2 Å². The number of aryl methyl sites for hydroxylation is 1. The lowest BCUT2D eigenvalue weighted by molar-refractivity contribution is -0.113. The minimum Gasteiger partial charge on any atom is -0.497 e. The minimum absolute atomic E-state index is 0.161. The molecule has 0 spiro atoms. The van der Waals surface area contributed by atoms with E-state index in [4.69, 9.17) is 21.1 Å². The molecule has 32 heavy (non-hydrogen) atoms. The zero-order chi connectivity index (χ0) is 23.1. The van der Waals surface area contributed by atoms with E-state index in [0.717, 1.165) is 42.1 Å². The van der Waals surface area contributed by atoms with Crippen LogP contribution in [0.5, 0.6) is 11.5 Å². The number of amides is 1. The van der Waals surface area contributed by atoms with Gasteiger partial charge in [-0.15, -0.1) is 10.2 Å². The van der Waals surface area contributed by atoms with E-state index in [1.807, 2.05) is 31.2 Å². The van der Waals surface area contributed by atoms with Gasteiger partial charge in [0.1, 0.15) is 11.5 Å². The van der Waals surface area contributed by atoms with Crippen molar-refractivity contribution >= 4 is 35.0 Å². The van der Waals surface area contributed by atoms with E-state index >= 15 is 0 Å². The molecule has 9 heteroatoms. The highest BCUT2D eigenvalue weighted by Gasteiger charge is 2.17. The molecule has 170 valence electrons. The Balaban J connectivity index is 1.74. The van der Waals surface area contributed by atoms with Crippen LogP contribution in [0.2, 0.25) is 5.02 Å². The van der Waals surface area contributed by atoms with E-state index in [1.165, 1.54) is 11.8 Å². The van der Waals surface area contributed by atoms with E-state index < -0.39 is 0 Å². The number of anilines is 1. The summed E-state index contributed by atoms with van der Waals surface area (Å²) in [6, 6.07) is 11.2. The maximum Gasteiger partial charge on any atom is 0.234 e. The van der Waals surface area contributed by atoms with Crippen molar-refractivity contribution in [3.8, 4) is 22.9 Å². The highest BCUT2D eigenvalue weighted by Crippen LogP contribution is 2.31. The number of benzene rings is 2. The summed E-state index contributed by atoms with van der Waals surface area (Å²) >= 11 is 7.50. The monoisotopic (exact) mass is 474 g/mol. The van der Waals surface area contributed by atoms with Crippen molar-refractivity contribution in [3.63, 3.8) is 0 Å². The van der Waals surface area contributed by atoms with Crippen molar-refractivity contribution in [1.29, 1.82) is 0 Å². The van der Waals surface area contributed by atoms with Crippen molar-refractivity contribution in [1.82, 2.24) is 14.8 Å². The number of carbonyl (C=O) groups is 1. The van der Waals surface area contributed by atoms with Crippen LogP contribution >= 0.6 is 23.4 Å². The molecule has 1 N–H and O–H groups in total. The summed E-state index contributed by atoms with van der Waals surface area (Å²) in [7, 11) is 3.18. The molecule has 0 aliphatic heterocycles. The third kappa shape index (κ3) is 5.75. The van der Waals surface area contributed by atoms with Crippen LogP contribution < -0.4 is 14.8 Å². The fourth-order valence-corrected chi connectivity index (χ4v) is 4.03. The molecular formula is C23H27ClN4O3S. The predicted octanol–water partition coefficient (Wildman–Crippen LogP) is 5.46. The number of ether oxygens (including phenoxy) is 2. The van der Waals surface area contributed by atoms with Crippen LogP contribution in [0.4, 0.5) is 5.69 Å². The van der Waals surface area contributed by atoms with Crippen molar-refractivity contribution in [3.05, 3.63) is 47.0 Å². The number of rotatable bonds is 10. The Labute approximate surface area is 197 Å². The molecule has 0 saturated heterocycles. The lowest BCUT2D eigenvalue weighted by Gasteiger charge is -2.13. The maximum absolute atomic E-state index is 12.6. The molecule has 3 aromatic rings. The summed E-state index contributed by atoms with van der Waals surface area (Å²) in [6.07, 6.45) is 2.03. The first-order chi connectivity index (χ1) is 15.5. The molecule has 0 aliphatic rings. The molecular weight excluding hydrogens is 448 g/mol. The van der Waals surface area contributed by atoms with Gasteiger partial charge in [0.25, 0.3) is 0 Å². The van der Waals surface area contributed by atoms with Crippen LogP contribution in [0.1, 0.15) is 25.3 Å². The standard InChI is InChI=1S/C23H27ClN4O3S/c1-5-6-11-28-22(16-7-9-17(30-3)10-8-16)26-27-23(28)32-14-21(29)25-19-12-15(2)18(24)13-20(19)31-4/h7-10,12-13H,5-6,11,14H2,1-4H3,(H,25,29). The first-order valence-electron chi connectivity index (χ1n) is 10.3. The normalized spacial score (nSPS) is 10.8. The molecule has 1 heterocycles. The van der Waals surface area contributed by atoms with Gasteiger partial charge in [-0.3, -0.25) is 4.79 Å². The van der Waals surface area contributed by atoms with Crippen molar-refractivity contribution in [2.75, 3.05) is 25.3 Å². The number of halogens is 1. The topological polar surface area (TPSA) is 78.3 Å². The van der Waals surface area contributed by atoms with E-state index in [-0.39, 0.29) is 11.7 Å². The Morgan fingerprint density at radius 2 is 1.91 bits per heavy atom. The van der Waals surface area contributed by atoms with Gasteiger partial charge in [0.2, 0.25) is 5.91 Å². The van der Waals surface area contributed by atoms with Crippen LogP contribution in [0.3, 0.4) is 0 Å². The second-order valence-corrected chi connectivity index (χ2v) is 8.53. The van der Waals surface area contributed by atoms with E-state index in [9.17, 15) is 4.79 Å². The molecule has 0 fully saturated rings. The number of nitrogens with one attached hydrogen (secondary N) is 1. The number of methoxy groups -OCH3 is 2. The quantitative estimate of drug-likeness (QED) is 0.393. The zero-order valence-electron chi connectivity index (χ0n) is 18.6. The molecule has 0 radical (unpaired) electrons. The Bertz CT molecular complexity index is 1070.